The number of amides is 1. The summed E-state index contributed by atoms with van der Waals surface area (Å²) in [6.45, 7) is 0.377. The molecule has 0 aromatic carbocycles. The molecule has 0 aromatic rings. The summed E-state index contributed by atoms with van der Waals surface area (Å²) in [5, 5.41) is 38.2. The molecule has 0 unspecified atom stereocenters. The smallest absolute Gasteiger partial charge is 0.394 e. The van der Waals surface area contributed by atoms with Crippen LogP contribution in [0.4, 0.5) is 0 Å². The molecule has 4 atom stereocenters. The molecule has 1 amide bonds. The molecule has 12 heteroatoms. The average molecular weight is 319 g/mol. The Labute approximate surface area is 114 Å². The van der Waals surface area contributed by atoms with E-state index < -0.39 is 47.3 Å². The zero-order valence-electron chi connectivity index (χ0n) is 10.3. The second kappa shape index (κ2) is 9.71. The molecule has 0 saturated heterocycles. The van der Waals surface area contributed by atoms with E-state index in [0.717, 1.165) is 6.92 Å². The van der Waals surface area contributed by atoms with Gasteiger partial charge in [-0.25, -0.2) is 0 Å². The van der Waals surface area contributed by atoms with Gasteiger partial charge in [-0.2, -0.15) is 8.42 Å². The van der Waals surface area contributed by atoms with Crippen molar-refractivity contribution in [3.63, 3.8) is 0 Å². The zero-order chi connectivity index (χ0) is 16.5. The first-order valence-electron chi connectivity index (χ1n) is 5.01. The van der Waals surface area contributed by atoms with Gasteiger partial charge < -0.3 is 30.5 Å². The van der Waals surface area contributed by atoms with Crippen LogP contribution in [0.15, 0.2) is 0 Å². The van der Waals surface area contributed by atoms with Crippen molar-refractivity contribution in [1.29, 1.82) is 0 Å². The lowest BCUT2D eigenvalue weighted by atomic mass is 10.0. The molecule has 0 saturated carbocycles. The van der Waals surface area contributed by atoms with Crippen molar-refractivity contribution in [3.05, 3.63) is 0 Å². The van der Waals surface area contributed by atoms with E-state index in [-0.39, 0.29) is 6.29 Å². The molecule has 0 aliphatic carbocycles. The predicted molar refractivity (Wildman–Crippen MR) is 63.0 cm³/mol. The first-order chi connectivity index (χ1) is 8.93. The van der Waals surface area contributed by atoms with Gasteiger partial charge in [0.2, 0.25) is 5.91 Å². The number of aliphatic hydroxyl groups excluding tert-OH is 4. The van der Waals surface area contributed by atoms with Gasteiger partial charge >= 0.3 is 10.4 Å². The minimum absolute atomic E-state index is 0.235. The zero-order valence-corrected chi connectivity index (χ0v) is 11.1. The second-order valence-electron chi connectivity index (χ2n) is 3.54. The topological polar surface area (TPSA) is 202 Å². The fourth-order valence-electron chi connectivity index (χ4n) is 0.983. The summed E-state index contributed by atoms with van der Waals surface area (Å²) in [6.07, 6.45) is -4.72. The Morgan fingerprint density at radius 3 is 1.85 bits per heavy atom. The molecular formula is C8H17NO10S. The third-order valence-corrected chi connectivity index (χ3v) is 1.82. The molecule has 0 fully saturated rings. The molecule has 0 spiro atoms. The van der Waals surface area contributed by atoms with Crippen LogP contribution in [0, 0.1) is 0 Å². The van der Waals surface area contributed by atoms with Crippen LogP contribution in [-0.4, -0.2) is 81.1 Å². The SMILES string of the molecule is CC(=O)N[C@@H](C=O)[C@@H](O)[C@@H](O)[C@H](O)CO.O=S(=O)(O)O. The molecule has 0 radical (unpaired) electrons. The molecule has 0 aliphatic rings. The Bertz CT molecular complexity index is 388. The number of aliphatic hydroxyl groups is 4. The Morgan fingerprint density at radius 2 is 1.60 bits per heavy atom. The molecule has 20 heavy (non-hydrogen) atoms. The lowest BCUT2D eigenvalue weighted by Crippen LogP contribution is -2.53. The van der Waals surface area contributed by atoms with Crippen LogP contribution in [0.2, 0.25) is 0 Å². The van der Waals surface area contributed by atoms with E-state index in [1.54, 1.807) is 0 Å². The number of carbonyl (C=O) groups is 2. The third-order valence-electron chi connectivity index (χ3n) is 1.82. The average Bonchev–Trinajstić information content (AvgIpc) is 2.30. The summed E-state index contributed by atoms with van der Waals surface area (Å²) in [5.41, 5.74) is 0. The molecule has 0 aromatic heterocycles. The van der Waals surface area contributed by atoms with Gasteiger partial charge in [0.1, 0.15) is 30.6 Å². The monoisotopic (exact) mass is 319 g/mol. The summed E-state index contributed by atoms with van der Waals surface area (Å²) in [5.74, 6) is -0.558. The maximum Gasteiger partial charge on any atom is 0.394 e. The van der Waals surface area contributed by atoms with Crippen LogP contribution >= 0.6 is 0 Å². The van der Waals surface area contributed by atoms with Crippen molar-refractivity contribution >= 4 is 22.6 Å². The van der Waals surface area contributed by atoms with E-state index in [2.05, 4.69) is 5.32 Å². The van der Waals surface area contributed by atoms with Gasteiger partial charge in [0.25, 0.3) is 0 Å². The maximum atomic E-state index is 10.6. The lowest BCUT2D eigenvalue weighted by Gasteiger charge is -2.25. The molecule has 0 aliphatic heterocycles. The van der Waals surface area contributed by atoms with Crippen LogP contribution in [0.1, 0.15) is 6.92 Å². The summed E-state index contributed by atoms with van der Waals surface area (Å²) < 4.78 is 31.6. The van der Waals surface area contributed by atoms with Gasteiger partial charge in [-0.1, -0.05) is 0 Å². The van der Waals surface area contributed by atoms with Crippen molar-refractivity contribution in [1.82, 2.24) is 5.32 Å². The highest BCUT2D eigenvalue weighted by Gasteiger charge is 2.31. The van der Waals surface area contributed by atoms with Gasteiger partial charge in [-0.3, -0.25) is 13.9 Å². The number of carbonyl (C=O) groups excluding carboxylic acids is 2. The molecule has 7 N–H and O–H groups in total. The first kappa shape index (κ1) is 21.2. The number of aldehydes is 1. The summed E-state index contributed by atoms with van der Waals surface area (Å²) in [7, 11) is -4.67. The van der Waals surface area contributed by atoms with Gasteiger partial charge in [0.15, 0.2) is 0 Å². The Balaban J connectivity index is 0. The molecular weight excluding hydrogens is 302 g/mol. The number of hydrogen-bond donors (Lipinski definition) is 7. The van der Waals surface area contributed by atoms with Crippen molar-refractivity contribution in [3.8, 4) is 0 Å². The Kier molecular flexibility index (Phi) is 10.3. The minimum atomic E-state index is -4.67. The highest BCUT2D eigenvalue weighted by atomic mass is 32.3. The summed E-state index contributed by atoms with van der Waals surface area (Å²) in [6, 6.07) is -1.32. The summed E-state index contributed by atoms with van der Waals surface area (Å²) >= 11 is 0. The molecule has 0 bridgehead atoms. The normalized spacial score (nSPS) is 16.9. The largest absolute Gasteiger partial charge is 0.394 e. The minimum Gasteiger partial charge on any atom is -0.394 e. The van der Waals surface area contributed by atoms with Crippen molar-refractivity contribution in [2.75, 3.05) is 6.61 Å². The van der Waals surface area contributed by atoms with Crippen LogP contribution in [0.3, 0.4) is 0 Å². The Morgan fingerprint density at radius 1 is 1.20 bits per heavy atom. The van der Waals surface area contributed by atoms with E-state index in [0.29, 0.717) is 0 Å². The van der Waals surface area contributed by atoms with Crippen LogP contribution < -0.4 is 5.32 Å². The predicted octanol–water partition coefficient (Wildman–Crippen LogP) is -3.89. The number of hydrogen-bond acceptors (Lipinski definition) is 8. The first-order valence-corrected chi connectivity index (χ1v) is 6.41. The van der Waals surface area contributed by atoms with E-state index >= 15 is 0 Å². The number of nitrogens with one attached hydrogen (secondary N) is 1. The van der Waals surface area contributed by atoms with Crippen molar-refractivity contribution in [2.24, 2.45) is 0 Å². The van der Waals surface area contributed by atoms with E-state index in [1.807, 2.05) is 0 Å². The molecule has 120 valence electrons. The maximum absolute atomic E-state index is 10.6. The van der Waals surface area contributed by atoms with Gasteiger partial charge in [-0.05, 0) is 0 Å². The van der Waals surface area contributed by atoms with E-state index in [1.165, 1.54) is 0 Å². The second-order valence-corrected chi connectivity index (χ2v) is 4.44. The quantitative estimate of drug-likeness (QED) is 0.187. The van der Waals surface area contributed by atoms with E-state index in [9.17, 15) is 19.8 Å². The van der Waals surface area contributed by atoms with Crippen LogP contribution in [0.5, 0.6) is 0 Å². The highest BCUT2D eigenvalue weighted by molar-refractivity contribution is 7.79. The van der Waals surface area contributed by atoms with Crippen LogP contribution in [-0.2, 0) is 20.0 Å². The van der Waals surface area contributed by atoms with Gasteiger partial charge in [0, 0.05) is 6.92 Å². The molecule has 0 heterocycles. The van der Waals surface area contributed by atoms with Crippen molar-refractivity contribution < 1.29 is 47.5 Å². The molecule has 0 rings (SSSR count). The highest BCUT2D eigenvalue weighted by Crippen LogP contribution is 2.03. The number of rotatable bonds is 6. The van der Waals surface area contributed by atoms with Gasteiger partial charge in [0.05, 0.1) is 6.61 Å². The standard InChI is InChI=1S/C8H15NO6.H2O4S/c1-4(12)9-5(2-10)7(14)8(15)6(13)3-11;1-5(2,3)4/h2,5-8,11,13-15H,3H2,1H3,(H,9,12);(H2,1,2,3,4)/t5-,6+,7+,8-;/m0./s1. The Hall–Kier alpha value is -1.15. The fraction of sp³-hybridized carbons (Fsp3) is 0.750. The third kappa shape index (κ3) is 11.9. The summed E-state index contributed by atoms with van der Waals surface area (Å²) in [4.78, 5) is 21.1. The lowest BCUT2D eigenvalue weighted by molar-refractivity contribution is -0.129. The van der Waals surface area contributed by atoms with E-state index in [4.69, 9.17) is 27.7 Å². The van der Waals surface area contributed by atoms with Crippen molar-refractivity contribution in [2.45, 2.75) is 31.3 Å². The van der Waals surface area contributed by atoms with Gasteiger partial charge in [-0.15, -0.1) is 0 Å². The van der Waals surface area contributed by atoms with Crippen LogP contribution in [0.25, 0.3) is 0 Å². The fourth-order valence-corrected chi connectivity index (χ4v) is 0.983. The molecule has 11 nitrogen and oxygen atoms in total.